The largest absolute Gasteiger partial charge is 0.707 e. The summed E-state index contributed by atoms with van der Waals surface area (Å²) in [4.78, 5) is 77.1. The highest BCUT2D eigenvalue weighted by Crippen LogP contribution is 2.37. The summed E-state index contributed by atoms with van der Waals surface area (Å²) in [6.45, 7) is 10.9. The van der Waals surface area contributed by atoms with E-state index in [-0.39, 0.29) is 63.1 Å². The molecule has 2 atom stereocenters. The fourth-order valence-electron chi connectivity index (χ4n) is 9.44. The second-order valence-electron chi connectivity index (χ2n) is 24.6. The first-order chi connectivity index (χ1) is 52.6. The minimum absolute atomic E-state index is 0. The molecule has 0 saturated carbocycles. The van der Waals surface area contributed by atoms with Crippen LogP contribution in [-0.2, 0) is 71.3 Å². The third-order valence-corrected chi connectivity index (χ3v) is 26.3. The van der Waals surface area contributed by atoms with Gasteiger partial charge in [-0.05, 0) is 258 Å². The van der Waals surface area contributed by atoms with E-state index in [4.69, 9.17) is 47.4 Å². The number of rotatable bonds is 23. The number of hydrogen-bond acceptors (Lipinski definition) is 16. The van der Waals surface area contributed by atoms with Crippen LogP contribution >= 0.6 is 159 Å². The molecule has 18 nitrogen and oxygen atoms in total. The molecule has 0 radical (unpaired) electrons. The molecule has 0 aromatic heterocycles. The average Bonchev–Trinajstić information content (AvgIpc) is 0.805. The number of carbonyl (C=O) groups is 6. The number of carboxylic acids is 2. The number of halogens is 12. The van der Waals surface area contributed by atoms with Crippen LogP contribution in [-0.4, -0.2) is 124 Å². The minimum atomic E-state index is -4.26. The zero-order valence-electron chi connectivity index (χ0n) is 62.2. The van der Waals surface area contributed by atoms with Gasteiger partial charge in [-0.1, -0.05) is 163 Å². The van der Waals surface area contributed by atoms with Crippen molar-refractivity contribution in [2.45, 2.75) is 109 Å². The van der Waals surface area contributed by atoms with Crippen LogP contribution in [0.25, 0.3) is 0 Å². The summed E-state index contributed by atoms with van der Waals surface area (Å²) in [6, 6.07) is 73.8. The van der Waals surface area contributed by atoms with E-state index in [1.165, 1.54) is 65.0 Å². The number of alkyl halides is 6. The number of carboxylic acid groups (broad SMARTS) is 2. The standard InChI is InChI=1S/2C21H19O2S.2C13H11F2I3O4.C10H16N.CH2Cl2.CH4O4S.CH4.H2O/c2*1-2-23-21(22)19-15-9-10-16-20(19)24(17-11-5-3-6-12-17)18-13-7-4-8-14-18;2*1-5(2)10(13(14,15)12(20)21)22-11(19)7-3-6(16)4-8(17)9(7)18;1-11(2,3)9-10-7-5-4-6-8-10;2-1-3;1-6(3,4)5-2;;/h2*3-16H,2H2,1H3;2*3-5,10H,1-2H3,(H,20,21);4-8H,9H2,1-3H3;1H2;2H,1H3;1H4;1H2/q2*+1;;;+1;;;;/p-3. The molecule has 0 heterocycles. The molecule has 114 heavy (non-hydrogen) atoms. The maximum atomic E-state index is 13.7. The third-order valence-electron chi connectivity index (χ3n) is 14.1. The predicted molar refractivity (Wildman–Crippen MR) is 483 cm³/mol. The lowest BCUT2D eigenvalue weighted by atomic mass is 10.0. The first kappa shape index (κ1) is 107. The summed E-state index contributed by atoms with van der Waals surface area (Å²) in [7, 11) is 2.18. The van der Waals surface area contributed by atoms with Crippen molar-refractivity contribution < 1.29 is 103 Å². The van der Waals surface area contributed by atoms with Gasteiger partial charge in [0.25, 0.3) is 10.1 Å². The molecule has 9 rings (SSSR count). The number of quaternary nitrogens is 1. The predicted octanol–water partition coefficient (Wildman–Crippen LogP) is 17.4. The highest BCUT2D eigenvalue weighted by molar-refractivity contribution is 14.1. The maximum Gasteiger partial charge on any atom is 0.343 e. The van der Waals surface area contributed by atoms with Gasteiger partial charge in [-0.2, -0.15) is 17.6 Å². The second kappa shape index (κ2) is 53.5. The molecule has 0 spiro atoms. The summed E-state index contributed by atoms with van der Waals surface area (Å²) in [6.07, 6.45) is -3.52. The third kappa shape index (κ3) is 35.9. The molecule has 0 saturated heterocycles. The number of esters is 4. The Labute approximate surface area is 761 Å². The van der Waals surface area contributed by atoms with Gasteiger partial charge in [-0.15, -0.1) is 23.2 Å². The van der Waals surface area contributed by atoms with Crippen molar-refractivity contribution >= 4 is 226 Å². The Morgan fingerprint density at radius 2 is 0.719 bits per heavy atom. The van der Waals surface area contributed by atoms with Crippen LogP contribution in [0.3, 0.4) is 0 Å². The normalized spacial score (nSPS) is 11.4. The smallest absolute Gasteiger partial charge is 0.343 e. The van der Waals surface area contributed by atoms with Crippen molar-refractivity contribution in [2.75, 3.05) is 46.0 Å². The maximum absolute atomic E-state index is 13.7. The molecule has 9 aromatic rings. The first-order valence-corrected chi connectivity index (χ1v) is 45.0. The molecular weight excluding hydrogens is 2260 g/mol. The Morgan fingerprint density at radius 1 is 0.465 bits per heavy atom. The Bertz CT molecular complexity index is 4270. The van der Waals surface area contributed by atoms with Crippen LogP contribution in [0.1, 0.15) is 96.0 Å². The zero-order valence-corrected chi connectivity index (χ0v) is 79.1. The molecule has 0 aliphatic heterocycles. The summed E-state index contributed by atoms with van der Waals surface area (Å²) in [5.41, 5.74) is 2.92. The number of nitrogens with zero attached hydrogens (tertiary/aromatic N) is 1. The summed E-state index contributed by atoms with van der Waals surface area (Å²) >= 11 is 21.3. The average molecular weight is 2350 g/mol. The van der Waals surface area contributed by atoms with E-state index in [1.54, 1.807) is 0 Å². The Hall–Kier alpha value is -5.03. The van der Waals surface area contributed by atoms with E-state index in [0.717, 1.165) is 35.1 Å². The van der Waals surface area contributed by atoms with Gasteiger partial charge in [0.15, 0.2) is 41.6 Å². The summed E-state index contributed by atoms with van der Waals surface area (Å²) < 4.78 is 101. The van der Waals surface area contributed by atoms with Crippen LogP contribution in [0.4, 0.5) is 17.6 Å². The number of ether oxygens (including phenoxy) is 4. The Morgan fingerprint density at radius 3 is 0.956 bits per heavy atom. The van der Waals surface area contributed by atoms with Crippen molar-refractivity contribution in [1.29, 1.82) is 0 Å². The van der Waals surface area contributed by atoms with Crippen molar-refractivity contribution in [1.82, 2.24) is 0 Å². The van der Waals surface area contributed by atoms with E-state index in [2.05, 4.69) is 104 Å². The van der Waals surface area contributed by atoms with Crippen molar-refractivity contribution in [2.24, 2.45) is 11.8 Å². The Kier molecular flexibility index (Phi) is 50.2. The van der Waals surface area contributed by atoms with Gasteiger partial charge in [-0.3, -0.25) is 0 Å². The summed E-state index contributed by atoms with van der Waals surface area (Å²) in [5, 5.41) is 30.3. The number of benzene rings is 9. The molecule has 0 bridgehead atoms. The van der Waals surface area contributed by atoms with Crippen molar-refractivity contribution in [3.63, 3.8) is 0 Å². The van der Waals surface area contributed by atoms with Gasteiger partial charge in [0.05, 0.1) is 57.1 Å². The lowest BCUT2D eigenvalue weighted by Crippen LogP contribution is -2.53. The second-order valence-corrected chi connectivity index (χ2v) is 37.9. The van der Waals surface area contributed by atoms with E-state index in [0.29, 0.717) is 37.7 Å². The van der Waals surface area contributed by atoms with Crippen LogP contribution in [0, 0.1) is 33.3 Å². The highest BCUT2D eigenvalue weighted by Gasteiger charge is 2.48. The van der Waals surface area contributed by atoms with E-state index >= 15 is 0 Å². The van der Waals surface area contributed by atoms with Gasteiger partial charge in [0.2, 0.25) is 0 Å². The highest BCUT2D eigenvalue weighted by atomic mass is 127. The monoisotopic (exact) mass is 2350 g/mol. The lowest BCUT2D eigenvalue weighted by Gasteiger charge is -2.30. The molecule has 0 amide bonds. The fourth-order valence-corrected chi connectivity index (χ4v) is 18.6. The van der Waals surface area contributed by atoms with E-state index in [1.807, 2.05) is 283 Å². The number of hydrogen-bond donors (Lipinski definition) is 0. The number of carbonyl (C=O) groups excluding carboxylic acids is 6. The molecule has 2 unspecified atom stereocenters. The van der Waals surface area contributed by atoms with Gasteiger partial charge in [0, 0.05) is 27.0 Å². The van der Waals surface area contributed by atoms with Crippen LogP contribution in [0.5, 0.6) is 0 Å². The zero-order chi connectivity index (χ0) is 84.3. The van der Waals surface area contributed by atoms with Gasteiger partial charge in [0.1, 0.15) is 51.4 Å². The van der Waals surface area contributed by atoms with Gasteiger partial charge < -0.3 is 58.3 Å². The van der Waals surface area contributed by atoms with Crippen molar-refractivity contribution in [3.8, 4) is 0 Å². The molecular formula is C81H85Cl2F4I6NO17S3. The quantitative estimate of drug-likeness (QED) is 0.00549. The fraction of sp³-hybridized carbons (Fsp3) is 0.259. The summed E-state index contributed by atoms with van der Waals surface area (Å²) in [5.74, 6) is -17.9. The van der Waals surface area contributed by atoms with Gasteiger partial charge >= 0.3 is 35.7 Å². The molecule has 9 aromatic carbocycles. The SMILES string of the molecule is C.CC(C)C(OC(=O)c1cc(I)cc(I)c1I)C(F)(F)C(=O)[O-].CC(C)C(OC(=O)c1cc(I)cc(I)c1I)C(F)(F)C(=O)[O-].CCOC(=O)c1ccccc1[S+](c1ccccc1)c1ccccc1.CCOC(=O)c1ccccc1[S+](c1ccccc1)c1ccccc1.CS(=O)(=O)O[O-].C[N+](C)(C)Cc1ccccc1.ClCCl.O. The number of aliphatic carboxylic acids is 2. The first-order valence-electron chi connectivity index (χ1n) is 33.2. The van der Waals surface area contributed by atoms with Crippen LogP contribution in [0.2, 0.25) is 0 Å². The van der Waals surface area contributed by atoms with E-state index in [9.17, 15) is 65.0 Å². The lowest BCUT2D eigenvalue weighted by molar-refractivity contribution is -0.884. The molecule has 0 aliphatic rings. The van der Waals surface area contributed by atoms with E-state index < -0.39 is 69.9 Å². The molecule has 0 fully saturated rings. The topological polar surface area (TPSA) is 283 Å². The van der Waals surface area contributed by atoms with Gasteiger partial charge in [-0.25, -0.2) is 27.6 Å². The molecule has 2 N–H and O–H groups in total. The van der Waals surface area contributed by atoms with Crippen LogP contribution < -0.4 is 15.5 Å². The minimum Gasteiger partial charge on any atom is -0.707 e. The molecule has 618 valence electrons. The molecule has 33 heteroatoms. The Balaban J connectivity index is 0.000000699. The molecule has 0 aliphatic carbocycles. The van der Waals surface area contributed by atoms with Crippen LogP contribution in [0.15, 0.2) is 254 Å². The van der Waals surface area contributed by atoms with Crippen molar-refractivity contribution in [3.05, 3.63) is 274 Å².